The molecule has 0 unspecified atom stereocenters. The van der Waals surface area contributed by atoms with Crippen LogP contribution in [0.3, 0.4) is 0 Å². The molecule has 0 radical (unpaired) electrons. The topological polar surface area (TPSA) is 164 Å². The minimum Gasteiger partial charge on any atom is -0.494 e. The summed E-state index contributed by atoms with van der Waals surface area (Å²) in [6.45, 7) is 0. The van der Waals surface area contributed by atoms with E-state index >= 15 is 0 Å². The Labute approximate surface area is 223 Å². The lowest BCUT2D eigenvalue weighted by Crippen LogP contribution is -2.13. The largest absolute Gasteiger partial charge is 0.494 e. The molecule has 2 rings (SSSR count). The van der Waals surface area contributed by atoms with Gasteiger partial charge in [-0.2, -0.15) is 16.8 Å². The van der Waals surface area contributed by atoms with Crippen molar-refractivity contribution in [3.63, 3.8) is 0 Å². The van der Waals surface area contributed by atoms with E-state index in [0.717, 1.165) is 14.2 Å². The van der Waals surface area contributed by atoms with Gasteiger partial charge in [-0.1, -0.05) is 0 Å². The molecule has 0 spiro atoms. The minimum absolute atomic E-state index is 0.0535. The van der Waals surface area contributed by atoms with Gasteiger partial charge in [-0.3, -0.25) is 9.11 Å². The first-order valence-corrected chi connectivity index (χ1v) is 13.8. The fourth-order valence-electron chi connectivity index (χ4n) is 3.33. The molecule has 0 saturated carbocycles. The predicted octanol–water partition coefficient (Wildman–Crippen LogP) is 3.11. The fourth-order valence-corrected chi connectivity index (χ4v) is 7.35. The van der Waals surface area contributed by atoms with Crippen LogP contribution < -0.4 is 28.4 Å². The molecule has 0 aliphatic rings. The van der Waals surface area contributed by atoms with Crippen LogP contribution in [0.15, 0.2) is 9.79 Å². The number of benzene rings is 2. The lowest BCUT2D eigenvalue weighted by Gasteiger charge is -2.25. The molecule has 2 N–H and O–H groups in total. The molecule has 0 aliphatic heterocycles. The number of rotatable bonds is 9. The van der Waals surface area contributed by atoms with Crippen LogP contribution in [0.5, 0.6) is 34.5 Å². The van der Waals surface area contributed by atoms with E-state index in [1.807, 2.05) is 0 Å². The standard InChI is InChI=1S/C18H20I2O12S2/c1-27-11-7(17(33(21,22)23)15(31-5)9(19)13(11)29-3)8-12(28-2)14(30-4)10(20)16(32-6)18(8)34(24,25)26/h1-6H3,(H,21,22,23)(H,24,25,26). The van der Waals surface area contributed by atoms with E-state index < -0.39 is 41.2 Å². The highest BCUT2D eigenvalue weighted by molar-refractivity contribution is 14.1. The highest BCUT2D eigenvalue weighted by Crippen LogP contribution is 2.58. The molecule has 0 aliphatic carbocycles. The van der Waals surface area contributed by atoms with Crippen molar-refractivity contribution >= 4 is 65.4 Å². The van der Waals surface area contributed by atoms with Gasteiger partial charge in [0.1, 0.15) is 16.9 Å². The zero-order chi connectivity index (χ0) is 26.2. The second kappa shape index (κ2) is 10.6. The van der Waals surface area contributed by atoms with Crippen molar-refractivity contribution in [3.05, 3.63) is 7.14 Å². The zero-order valence-electron chi connectivity index (χ0n) is 18.5. The van der Waals surface area contributed by atoms with Crippen molar-refractivity contribution in [2.24, 2.45) is 0 Å². The maximum atomic E-state index is 12.6. The summed E-state index contributed by atoms with van der Waals surface area (Å²) in [7, 11) is -3.13. The van der Waals surface area contributed by atoms with Crippen LogP contribution >= 0.6 is 45.2 Å². The summed E-state index contributed by atoms with van der Waals surface area (Å²) < 4.78 is 103. The summed E-state index contributed by atoms with van der Waals surface area (Å²) in [6, 6.07) is 0. The Bertz CT molecular complexity index is 1230. The van der Waals surface area contributed by atoms with E-state index in [4.69, 9.17) is 28.4 Å². The third-order valence-electron chi connectivity index (χ3n) is 4.52. The Kier molecular flexibility index (Phi) is 9.00. The lowest BCUT2D eigenvalue weighted by atomic mass is 10.0. The summed E-state index contributed by atoms with van der Waals surface area (Å²) in [6.07, 6.45) is 0. The van der Waals surface area contributed by atoms with Crippen LogP contribution in [-0.2, 0) is 20.2 Å². The van der Waals surface area contributed by atoms with Crippen molar-refractivity contribution < 1.29 is 54.4 Å². The van der Waals surface area contributed by atoms with Gasteiger partial charge in [-0.05, 0) is 45.2 Å². The lowest BCUT2D eigenvalue weighted by molar-refractivity contribution is 0.336. The van der Waals surface area contributed by atoms with Crippen molar-refractivity contribution in [1.29, 1.82) is 0 Å². The number of hydrogen-bond acceptors (Lipinski definition) is 10. The molecule has 0 atom stereocenters. The van der Waals surface area contributed by atoms with Crippen molar-refractivity contribution in [2.45, 2.75) is 9.79 Å². The molecule has 34 heavy (non-hydrogen) atoms. The summed E-state index contributed by atoms with van der Waals surface area (Å²) in [4.78, 5) is -1.74. The Morgan fingerprint density at radius 3 is 0.912 bits per heavy atom. The summed E-state index contributed by atoms with van der Waals surface area (Å²) >= 11 is 3.43. The highest BCUT2D eigenvalue weighted by atomic mass is 127. The molecule has 190 valence electrons. The average molecular weight is 746 g/mol. The molecule has 0 saturated heterocycles. The van der Waals surface area contributed by atoms with Crippen molar-refractivity contribution in [1.82, 2.24) is 0 Å². The summed E-state index contributed by atoms with van der Waals surface area (Å²) in [5, 5.41) is 0. The van der Waals surface area contributed by atoms with Crippen LogP contribution in [0.2, 0.25) is 0 Å². The second-order valence-electron chi connectivity index (χ2n) is 6.19. The van der Waals surface area contributed by atoms with Gasteiger partial charge in [0.25, 0.3) is 20.2 Å². The van der Waals surface area contributed by atoms with Gasteiger partial charge in [-0.15, -0.1) is 0 Å². The minimum atomic E-state index is -5.12. The van der Waals surface area contributed by atoms with E-state index in [0.29, 0.717) is 0 Å². The van der Waals surface area contributed by atoms with E-state index in [1.54, 1.807) is 45.2 Å². The first kappa shape index (κ1) is 28.8. The van der Waals surface area contributed by atoms with Crippen LogP contribution in [0.1, 0.15) is 0 Å². The van der Waals surface area contributed by atoms with E-state index in [1.165, 1.54) is 28.4 Å². The van der Waals surface area contributed by atoms with Gasteiger partial charge in [-0.25, -0.2) is 0 Å². The third kappa shape index (κ3) is 4.79. The molecule has 2 aromatic carbocycles. The van der Waals surface area contributed by atoms with Gasteiger partial charge >= 0.3 is 0 Å². The maximum Gasteiger partial charge on any atom is 0.299 e. The van der Waals surface area contributed by atoms with Crippen LogP contribution in [0.4, 0.5) is 0 Å². The Morgan fingerprint density at radius 1 is 0.500 bits per heavy atom. The quantitative estimate of drug-likeness (QED) is 0.285. The summed E-state index contributed by atoms with van der Waals surface area (Å²) in [5.74, 6) is -1.49. The smallest absolute Gasteiger partial charge is 0.299 e. The number of halogens is 2. The molecule has 0 fully saturated rings. The average Bonchev–Trinajstić information content (AvgIpc) is 2.75. The van der Waals surface area contributed by atoms with Gasteiger partial charge in [0.05, 0.1) is 53.8 Å². The van der Waals surface area contributed by atoms with Gasteiger partial charge < -0.3 is 28.4 Å². The Hall–Kier alpha value is -1.48. The predicted molar refractivity (Wildman–Crippen MR) is 136 cm³/mol. The van der Waals surface area contributed by atoms with E-state index in [2.05, 4.69) is 0 Å². The number of hydrogen-bond donors (Lipinski definition) is 2. The maximum absolute atomic E-state index is 12.6. The van der Waals surface area contributed by atoms with Crippen molar-refractivity contribution in [2.75, 3.05) is 42.7 Å². The Morgan fingerprint density at radius 2 is 0.735 bits per heavy atom. The van der Waals surface area contributed by atoms with E-state index in [-0.39, 0.29) is 41.6 Å². The molecular formula is C18H20I2O12S2. The van der Waals surface area contributed by atoms with Gasteiger partial charge in [0.2, 0.25) is 0 Å². The van der Waals surface area contributed by atoms with E-state index in [9.17, 15) is 25.9 Å². The Balaban J connectivity index is 3.56. The molecule has 0 aromatic heterocycles. The molecular weight excluding hydrogens is 726 g/mol. The second-order valence-corrected chi connectivity index (χ2v) is 11.1. The fraction of sp³-hybridized carbons (Fsp3) is 0.333. The molecule has 16 heteroatoms. The molecule has 0 bridgehead atoms. The van der Waals surface area contributed by atoms with Gasteiger partial charge in [0.15, 0.2) is 34.5 Å². The van der Waals surface area contributed by atoms with Crippen molar-refractivity contribution in [3.8, 4) is 45.6 Å². The van der Waals surface area contributed by atoms with Crippen LogP contribution in [0.25, 0.3) is 11.1 Å². The van der Waals surface area contributed by atoms with Gasteiger partial charge in [0, 0.05) is 0 Å². The number of methoxy groups -OCH3 is 6. The molecule has 2 aromatic rings. The highest BCUT2D eigenvalue weighted by Gasteiger charge is 2.40. The first-order valence-electron chi connectivity index (χ1n) is 8.74. The molecule has 0 amide bonds. The number of ether oxygens (including phenoxy) is 6. The SMILES string of the molecule is COc1c(I)c(OC)c(S(=O)(=O)O)c(-c2c(OC)c(OC)c(I)c(OC)c2S(=O)(=O)O)c1OC. The summed E-state index contributed by atoms with van der Waals surface area (Å²) in [5.41, 5.74) is -1.09. The monoisotopic (exact) mass is 746 g/mol. The molecule has 0 heterocycles. The molecule has 12 nitrogen and oxygen atoms in total. The zero-order valence-corrected chi connectivity index (χ0v) is 24.5. The first-order chi connectivity index (χ1) is 15.8. The third-order valence-corrected chi connectivity index (χ3v) is 8.29. The van der Waals surface area contributed by atoms with Crippen LogP contribution in [-0.4, -0.2) is 68.6 Å². The normalized spacial score (nSPS) is 11.7. The van der Waals surface area contributed by atoms with Crippen LogP contribution in [0, 0.1) is 7.14 Å².